The maximum Gasteiger partial charge on any atom is 0.188 e. The molecular formula is C14H20N6. The van der Waals surface area contributed by atoms with Crippen LogP contribution in [0.25, 0.3) is 5.82 Å². The van der Waals surface area contributed by atoms with Crippen LogP contribution >= 0.6 is 0 Å². The van der Waals surface area contributed by atoms with Crippen LogP contribution in [0.15, 0.2) is 42.0 Å². The molecule has 0 aliphatic heterocycles. The van der Waals surface area contributed by atoms with E-state index < -0.39 is 0 Å². The number of nitrogens with zero attached hydrogens (tertiary/aromatic N) is 4. The number of imidazole rings is 1. The van der Waals surface area contributed by atoms with Crippen molar-refractivity contribution in [1.82, 2.24) is 19.9 Å². The predicted molar refractivity (Wildman–Crippen MR) is 79.6 cm³/mol. The van der Waals surface area contributed by atoms with Crippen LogP contribution in [0.5, 0.6) is 0 Å². The van der Waals surface area contributed by atoms with Crippen molar-refractivity contribution in [3.05, 3.63) is 42.6 Å². The molecular weight excluding hydrogens is 252 g/mol. The highest BCUT2D eigenvalue weighted by Crippen LogP contribution is 2.07. The van der Waals surface area contributed by atoms with Crippen molar-refractivity contribution in [1.29, 1.82) is 0 Å². The summed E-state index contributed by atoms with van der Waals surface area (Å²) in [4.78, 5) is 12.6. The molecule has 0 amide bonds. The first-order chi connectivity index (χ1) is 9.79. The number of rotatable bonds is 6. The lowest BCUT2D eigenvalue weighted by Crippen LogP contribution is -2.32. The molecule has 3 N–H and O–H groups in total. The molecule has 2 aromatic rings. The van der Waals surface area contributed by atoms with Crippen molar-refractivity contribution in [2.45, 2.75) is 26.3 Å². The maximum absolute atomic E-state index is 5.80. The molecule has 6 nitrogen and oxygen atoms in total. The van der Waals surface area contributed by atoms with Gasteiger partial charge in [0.25, 0.3) is 0 Å². The predicted octanol–water partition coefficient (Wildman–Crippen LogP) is 1.47. The van der Waals surface area contributed by atoms with E-state index in [4.69, 9.17) is 5.73 Å². The molecule has 2 heterocycles. The van der Waals surface area contributed by atoms with Gasteiger partial charge in [-0.05, 0) is 24.1 Å². The van der Waals surface area contributed by atoms with Gasteiger partial charge in [0.15, 0.2) is 5.96 Å². The van der Waals surface area contributed by atoms with Crippen molar-refractivity contribution in [2.24, 2.45) is 10.7 Å². The van der Waals surface area contributed by atoms with Gasteiger partial charge in [-0.2, -0.15) is 0 Å². The first-order valence-electron chi connectivity index (χ1n) is 6.76. The van der Waals surface area contributed by atoms with Gasteiger partial charge in [0.2, 0.25) is 0 Å². The molecule has 6 heteroatoms. The molecule has 0 radical (unpaired) electrons. The minimum atomic E-state index is 0.486. The van der Waals surface area contributed by atoms with Crippen molar-refractivity contribution in [3.8, 4) is 5.82 Å². The normalized spacial score (nSPS) is 11.6. The highest BCUT2D eigenvalue weighted by atomic mass is 15.1. The number of hydrogen-bond donors (Lipinski definition) is 2. The van der Waals surface area contributed by atoms with Gasteiger partial charge in [-0.1, -0.05) is 13.3 Å². The van der Waals surface area contributed by atoms with Gasteiger partial charge in [-0.3, -0.25) is 4.57 Å². The highest BCUT2D eigenvalue weighted by Gasteiger charge is 1.99. The van der Waals surface area contributed by atoms with E-state index in [1.165, 1.54) is 0 Å². The van der Waals surface area contributed by atoms with Crippen LogP contribution in [0.1, 0.15) is 25.3 Å². The van der Waals surface area contributed by atoms with Crippen molar-refractivity contribution >= 4 is 5.96 Å². The Morgan fingerprint density at radius 2 is 2.35 bits per heavy atom. The zero-order valence-corrected chi connectivity index (χ0v) is 11.7. The Morgan fingerprint density at radius 1 is 1.45 bits per heavy atom. The van der Waals surface area contributed by atoms with Crippen LogP contribution in [-0.2, 0) is 6.54 Å². The molecule has 106 valence electrons. The quantitative estimate of drug-likeness (QED) is 0.474. The van der Waals surface area contributed by atoms with E-state index in [1.54, 1.807) is 18.7 Å². The Kier molecular flexibility index (Phi) is 5.11. The van der Waals surface area contributed by atoms with Gasteiger partial charge >= 0.3 is 0 Å². The SMILES string of the molecule is CCCCNC(N)=NCc1ccnc(-n2ccnc2)c1. The largest absolute Gasteiger partial charge is 0.370 e. The minimum Gasteiger partial charge on any atom is -0.370 e. The standard InChI is InChI=1S/C14H20N6/c1-2-3-5-18-14(15)19-10-12-4-6-17-13(9-12)20-8-7-16-11-20/h4,6-9,11H,2-3,5,10H2,1H3,(H3,15,18,19). The van der Waals surface area contributed by atoms with Crippen LogP contribution in [0.4, 0.5) is 0 Å². The molecule has 0 spiro atoms. The number of pyridine rings is 1. The first-order valence-corrected chi connectivity index (χ1v) is 6.76. The first kappa shape index (κ1) is 14.0. The Labute approximate surface area is 118 Å². The second kappa shape index (κ2) is 7.28. The summed E-state index contributed by atoms with van der Waals surface area (Å²) in [5, 5.41) is 3.09. The molecule has 0 aliphatic rings. The zero-order valence-electron chi connectivity index (χ0n) is 11.7. The smallest absolute Gasteiger partial charge is 0.188 e. The van der Waals surface area contributed by atoms with Crippen LogP contribution in [0.3, 0.4) is 0 Å². The van der Waals surface area contributed by atoms with Gasteiger partial charge in [-0.25, -0.2) is 15.0 Å². The molecule has 0 fully saturated rings. The summed E-state index contributed by atoms with van der Waals surface area (Å²) in [6.45, 7) is 3.54. The van der Waals surface area contributed by atoms with Crippen LogP contribution in [0.2, 0.25) is 0 Å². The Balaban J connectivity index is 1.96. The number of nitrogens with one attached hydrogen (secondary N) is 1. The molecule has 20 heavy (non-hydrogen) atoms. The number of unbranched alkanes of at least 4 members (excludes halogenated alkanes) is 1. The lowest BCUT2D eigenvalue weighted by atomic mass is 10.2. The molecule has 0 aromatic carbocycles. The van der Waals surface area contributed by atoms with E-state index in [0.29, 0.717) is 12.5 Å². The fraction of sp³-hybridized carbons (Fsp3) is 0.357. The fourth-order valence-electron chi connectivity index (χ4n) is 1.72. The Bertz CT molecular complexity index is 547. The van der Waals surface area contributed by atoms with Gasteiger partial charge in [0.1, 0.15) is 12.1 Å². The number of aliphatic imine (C=N–C) groups is 1. The van der Waals surface area contributed by atoms with Crippen LogP contribution in [-0.4, -0.2) is 27.0 Å². The second-order valence-corrected chi connectivity index (χ2v) is 4.47. The maximum atomic E-state index is 5.80. The molecule has 0 aliphatic carbocycles. The van der Waals surface area contributed by atoms with E-state index >= 15 is 0 Å². The van der Waals surface area contributed by atoms with E-state index in [2.05, 4.69) is 27.2 Å². The molecule has 0 saturated carbocycles. The summed E-state index contributed by atoms with van der Waals surface area (Å²) >= 11 is 0. The summed E-state index contributed by atoms with van der Waals surface area (Å²) in [7, 11) is 0. The number of aromatic nitrogens is 3. The molecule has 0 atom stereocenters. The van der Waals surface area contributed by atoms with Crippen LogP contribution < -0.4 is 11.1 Å². The van der Waals surface area contributed by atoms with Crippen molar-refractivity contribution in [3.63, 3.8) is 0 Å². The van der Waals surface area contributed by atoms with Crippen molar-refractivity contribution in [2.75, 3.05) is 6.54 Å². The monoisotopic (exact) mass is 272 g/mol. The van der Waals surface area contributed by atoms with Crippen molar-refractivity contribution < 1.29 is 0 Å². The third-order valence-corrected chi connectivity index (χ3v) is 2.85. The molecule has 0 saturated heterocycles. The molecule has 0 unspecified atom stereocenters. The lowest BCUT2D eigenvalue weighted by molar-refractivity contribution is 0.748. The summed E-state index contributed by atoms with van der Waals surface area (Å²) in [6, 6.07) is 3.91. The number of hydrogen-bond acceptors (Lipinski definition) is 3. The van der Waals surface area contributed by atoms with Gasteiger partial charge in [0.05, 0.1) is 6.54 Å². The average Bonchev–Trinajstić information content (AvgIpc) is 3.00. The van der Waals surface area contributed by atoms with E-state index in [1.807, 2.05) is 22.9 Å². The van der Waals surface area contributed by atoms with E-state index in [9.17, 15) is 0 Å². The molecule has 2 aromatic heterocycles. The Morgan fingerprint density at radius 3 is 3.10 bits per heavy atom. The summed E-state index contributed by atoms with van der Waals surface area (Å²) < 4.78 is 1.86. The lowest BCUT2D eigenvalue weighted by Gasteiger charge is -2.05. The summed E-state index contributed by atoms with van der Waals surface area (Å²) in [5.41, 5.74) is 6.86. The third-order valence-electron chi connectivity index (χ3n) is 2.85. The minimum absolute atomic E-state index is 0.486. The average molecular weight is 272 g/mol. The fourth-order valence-corrected chi connectivity index (χ4v) is 1.72. The van der Waals surface area contributed by atoms with Gasteiger partial charge in [-0.15, -0.1) is 0 Å². The van der Waals surface area contributed by atoms with Gasteiger partial charge in [0, 0.05) is 25.1 Å². The summed E-state index contributed by atoms with van der Waals surface area (Å²) in [5.74, 6) is 1.31. The summed E-state index contributed by atoms with van der Waals surface area (Å²) in [6.07, 6.45) is 9.30. The van der Waals surface area contributed by atoms with Gasteiger partial charge < -0.3 is 11.1 Å². The zero-order chi connectivity index (χ0) is 14.2. The molecule has 2 rings (SSSR count). The second-order valence-electron chi connectivity index (χ2n) is 4.47. The molecule has 0 bridgehead atoms. The topological polar surface area (TPSA) is 81.1 Å². The van der Waals surface area contributed by atoms with E-state index in [-0.39, 0.29) is 0 Å². The number of nitrogens with two attached hydrogens (primary N) is 1. The van der Waals surface area contributed by atoms with Crippen LogP contribution in [0, 0.1) is 0 Å². The number of guanidine groups is 1. The third kappa shape index (κ3) is 4.08. The Hall–Kier alpha value is -2.37. The van der Waals surface area contributed by atoms with E-state index in [0.717, 1.165) is 30.8 Å². The highest BCUT2D eigenvalue weighted by molar-refractivity contribution is 5.77.